The number of halogens is 1. The van der Waals surface area contributed by atoms with Gasteiger partial charge in [0.25, 0.3) is 0 Å². The molecule has 0 fully saturated rings. The Hall–Kier alpha value is -1.92. The van der Waals surface area contributed by atoms with Gasteiger partial charge in [-0.05, 0) is 24.3 Å². The Morgan fingerprint density at radius 1 is 1.25 bits per heavy atom. The predicted octanol–water partition coefficient (Wildman–Crippen LogP) is 3.42. The summed E-state index contributed by atoms with van der Waals surface area (Å²) in [7, 11) is -2.79. The number of amides is 2. The zero-order chi connectivity index (χ0) is 14.6. The van der Waals surface area contributed by atoms with E-state index in [1.165, 1.54) is 12.5 Å². The highest BCUT2D eigenvalue weighted by atomic mass is 35.5. The molecule has 7 heteroatoms. The molecule has 0 aliphatic heterocycles. The van der Waals surface area contributed by atoms with Crippen LogP contribution in [0, 0.1) is 0 Å². The van der Waals surface area contributed by atoms with Crippen LogP contribution in [0.4, 0.5) is 10.5 Å². The molecule has 0 radical (unpaired) electrons. The number of anilines is 1. The average molecular weight is 310 g/mol. The molecule has 5 nitrogen and oxygen atoms in total. The highest BCUT2D eigenvalue weighted by Crippen LogP contribution is 2.18. The quantitative estimate of drug-likeness (QED) is 0.864. The molecule has 1 aromatic carbocycles. The van der Waals surface area contributed by atoms with E-state index >= 15 is 0 Å². The number of hydrogen-bond acceptors (Lipinski definition) is 3. The van der Waals surface area contributed by atoms with Crippen molar-refractivity contribution in [1.82, 2.24) is 4.98 Å². The Morgan fingerprint density at radius 2 is 1.95 bits per heavy atom. The van der Waals surface area contributed by atoms with Crippen LogP contribution < -0.4 is 5.32 Å². The average Bonchev–Trinajstić information content (AvgIpc) is 2.42. The van der Waals surface area contributed by atoms with E-state index < -0.39 is 15.8 Å². The minimum atomic E-state index is -2.79. The fourth-order valence-electron chi connectivity index (χ4n) is 1.50. The van der Waals surface area contributed by atoms with E-state index in [0.29, 0.717) is 10.6 Å². The standard InChI is InChI=1S/C13H12ClN3O2S/c1-20(19,10-6-3-2-4-7-10)17-13(18)16-11-8-5-9-15-12(11)14/h2-9H,1H3,(H,16,18)/t20-/m0/s1. The second kappa shape index (κ2) is 6.02. The first-order valence-corrected chi connectivity index (χ1v) is 7.98. The van der Waals surface area contributed by atoms with Gasteiger partial charge in [0.05, 0.1) is 15.4 Å². The highest BCUT2D eigenvalue weighted by molar-refractivity contribution is 7.93. The zero-order valence-electron chi connectivity index (χ0n) is 10.6. The molecule has 0 saturated carbocycles. The second-order valence-corrected chi connectivity index (χ2v) is 6.60. The Balaban J connectivity index is 2.25. The number of nitrogens with one attached hydrogen (secondary N) is 1. The first-order chi connectivity index (χ1) is 9.49. The first-order valence-electron chi connectivity index (χ1n) is 5.68. The molecule has 0 saturated heterocycles. The molecule has 20 heavy (non-hydrogen) atoms. The fourth-order valence-corrected chi connectivity index (χ4v) is 2.80. The van der Waals surface area contributed by atoms with Crippen LogP contribution in [0.3, 0.4) is 0 Å². The van der Waals surface area contributed by atoms with Crippen molar-refractivity contribution in [2.75, 3.05) is 11.6 Å². The molecule has 2 rings (SSSR count). The minimum absolute atomic E-state index is 0.151. The molecule has 0 unspecified atom stereocenters. The topological polar surface area (TPSA) is 71.4 Å². The van der Waals surface area contributed by atoms with Crippen molar-refractivity contribution in [2.45, 2.75) is 4.90 Å². The van der Waals surface area contributed by atoms with Crippen LogP contribution in [-0.2, 0) is 9.73 Å². The molecule has 0 aliphatic carbocycles. The zero-order valence-corrected chi connectivity index (χ0v) is 12.2. The van der Waals surface area contributed by atoms with Gasteiger partial charge in [0.2, 0.25) is 0 Å². The summed E-state index contributed by atoms with van der Waals surface area (Å²) in [6.45, 7) is 0. The van der Waals surface area contributed by atoms with E-state index in [1.807, 2.05) is 0 Å². The molecule has 2 aromatic rings. The van der Waals surface area contributed by atoms with Gasteiger partial charge in [-0.3, -0.25) is 0 Å². The molecular weight excluding hydrogens is 298 g/mol. The molecule has 104 valence electrons. The number of carbonyl (C=O) groups excluding carboxylic acids is 1. The van der Waals surface area contributed by atoms with Gasteiger partial charge in [0, 0.05) is 17.3 Å². The van der Waals surface area contributed by atoms with E-state index in [-0.39, 0.29) is 5.15 Å². The number of pyridine rings is 1. The van der Waals surface area contributed by atoms with Crippen molar-refractivity contribution < 1.29 is 9.00 Å². The van der Waals surface area contributed by atoms with E-state index in [2.05, 4.69) is 14.7 Å². The Morgan fingerprint density at radius 3 is 2.60 bits per heavy atom. The molecule has 1 heterocycles. The van der Waals surface area contributed by atoms with Gasteiger partial charge in [-0.25, -0.2) is 14.0 Å². The monoisotopic (exact) mass is 309 g/mol. The van der Waals surface area contributed by atoms with Gasteiger partial charge in [-0.15, -0.1) is 4.36 Å². The lowest BCUT2D eigenvalue weighted by molar-refractivity contribution is 0.260. The number of rotatable bonds is 2. The lowest BCUT2D eigenvalue weighted by Gasteiger charge is -2.05. The second-order valence-electron chi connectivity index (χ2n) is 3.98. The lowest BCUT2D eigenvalue weighted by Crippen LogP contribution is -2.10. The SMILES string of the molecule is C[S@@](=O)(=NC(=O)Nc1cccnc1Cl)c1ccccc1. The van der Waals surface area contributed by atoms with E-state index in [1.54, 1.807) is 42.5 Å². The molecule has 0 aliphatic rings. The van der Waals surface area contributed by atoms with Crippen LogP contribution in [0.5, 0.6) is 0 Å². The summed E-state index contributed by atoms with van der Waals surface area (Å²) in [6.07, 6.45) is 2.91. The molecule has 1 N–H and O–H groups in total. The number of benzene rings is 1. The third kappa shape index (κ3) is 3.55. The predicted molar refractivity (Wildman–Crippen MR) is 79.5 cm³/mol. The van der Waals surface area contributed by atoms with Crippen molar-refractivity contribution in [3.63, 3.8) is 0 Å². The number of aromatic nitrogens is 1. The van der Waals surface area contributed by atoms with E-state index in [0.717, 1.165) is 0 Å². The van der Waals surface area contributed by atoms with Crippen molar-refractivity contribution in [2.24, 2.45) is 4.36 Å². The highest BCUT2D eigenvalue weighted by Gasteiger charge is 2.10. The van der Waals surface area contributed by atoms with Crippen LogP contribution in [0.1, 0.15) is 0 Å². The summed E-state index contributed by atoms with van der Waals surface area (Å²) in [4.78, 5) is 16.1. The van der Waals surface area contributed by atoms with Crippen LogP contribution >= 0.6 is 11.6 Å². The molecule has 0 bridgehead atoms. The van der Waals surface area contributed by atoms with Gasteiger partial charge in [0.15, 0.2) is 5.15 Å². The van der Waals surface area contributed by atoms with Crippen molar-refractivity contribution in [3.05, 3.63) is 53.8 Å². The largest absolute Gasteiger partial charge is 0.353 e. The third-order valence-corrected chi connectivity index (χ3v) is 4.40. The maximum atomic E-state index is 12.4. The Labute approximate surface area is 122 Å². The molecule has 1 atom stereocenters. The normalized spacial score (nSPS) is 13.3. The molecule has 0 spiro atoms. The van der Waals surface area contributed by atoms with Crippen LogP contribution in [0.25, 0.3) is 0 Å². The summed E-state index contributed by atoms with van der Waals surface area (Å²) in [6, 6.07) is 11.1. The first kappa shape index (κ1) is 14.5. The summed E-state index contributed by atoms with van der Waals surface area (Å²) >= 11 is 5.82. The summed E-state index contributed by atoms with van der Waals surface area (Å²) in [5, 5.41) is 2.61. The fraction of sp³-hybridized carbons (Fsp3) is 0.0769. The van der Waals surface area contributed by atoms with E-state index in [9.17, 15) is 9.00 Å². The van der Waals surface area contributed by atoms with Crippen molar-refractivity contribution >= 4 is 33.0 Å². The van der Waals surface area contributed by atoms with Gasteiger partial charge < -0.3 is 5.32 Å². The summed E-state index contributed by atoms with van der Waals surface area (Å²) < 4.78 is 16.1. The molecule has 2 amide bonds. The van der Waals surface area contributed by atoms with Gasteiger partial charge in [-0.1, -0.05) is 29.8 Å². The van der Waals surface area contributed by atoms with Gasteiger partial charge >= 0.3 is 6.03 Å². The smallest absolute Gasteiger partial charge is 0.303 e. The summed E-state index contributed by atoms with van der Waals surface area (Å²) in [5.41, 5.74) is 0.325. The van der Waals surface area contributed by atoms with E-state index in [4.69, 9.17) is 11.6 Å². The van der Waals surface area contributed by atoms with Gasteiger partial charge in [-0.2, -0.15) is 0 Å². The maximum Gasteiger partial charge on any atom is 0.353 e. The summed E-state index contributed by atoms with van der Waals surface area (Å²) in [5.74, 6) is 0. The van der Waals surface area contributed by atoms with Crippen LogP contribution in [0.15, 0.2) is 57.9 Å². The maximum absolute atomic E-state index is 12.4. The number of hydrogen-bond donors (Lipinski definition) is 1. The van der Waals surface area contributed by atoms with Crippen LogP contribution in [0.2, 0.25) is 5.15 Å². The Bertz CT molecular complexity index is 740. The van der Waals surface area contributed by atoms with Crippen LogP contribution in [-0.4, -0.2) is 21.5 Å². The van der Waals surface area contributed by atoms with Crippen molar-refractivity contribution in [3.8, 4) is 0 Å². The van der Waals surface area contributed by atoms with Crippen molar-refractivity contribution in [1.29, 1.82) is 0 Å². The number of carbonyl (C=O) groups is 1. The lowest BCUT2D eigenvalue weighted by atomic mass is 10.4. The molecular formula is C13H12ClN3O2S. The molecule has 1 aromatic heterocycles. The van der Waals surface area contributed by atoms with Gasteiger partial charge in [0.1, 0.15) is 0 Å². The number of nitrogens with zero attached hydrogens (tertiary/aromatic N) is 2. The number of urea groups is 1. The Kier molecular flexibility index (Phi) is 4.36. The minimum Gasteiger partial charge on any atom is -0.303 e. The third-order valence-electron chi connectivity index (χ3n) is 2.44.